The summed E-state index contributed by atoms with van der Waals surface area (Å²) in [6.07, 6.45) is 1.52. The van der Waals surface area contributed by atoms with Crippen LogP contribution in [0, 0.1) is 0 Å². The van der Waals surface area contributed by atoms with Gasteiger partial charge in [0.25, 0.3) is 0 Å². The van der Waals surface area contributed by atoms with Crippen LogP contribution < -0.4 is 10.6 Å². The van der Waals surface area contributed by atoms with Crippen LogP contribution in [0.3, 0.4) is 0 Å². The number of nitrogens with zero attached hydrogens (tertiary/aromatic N) is 1. The van der Waals surface area contributed by atoms with Gasteiger partial charge < -0.3 is 15.5 Å². The summed E-state index contributed by atoms with van der Waals surface area (Å²) in [6, 6.07) is 0.534. The monoisotopic (exact) mass is 287 g/mol. The van der Waals surface area contributed by atoms with Crippen LogP contribution in [0.1, 0.15) is 26.7 Å². The normalized spacial score (nSPS) is 9.76. The third-order valence-electron chi connectivity index (χ3n) is 2.50. The van der Waals surface area contributed by atoms with Crippen LogP contribution in [0.25, 0.3) is 0 Å². The molecule has 0 bridgehead atoms. The molecule has 0 aromatic heterocycles. The summed E-state index contributed by atoms with van der Waals surface area (Å²) < 4.78 is 0. The fraction of sp³-hybridized carbons (Fsp3) is 0.909. The van der Waals surface area contributed by atoms with Gasteiger partial charge in [0.1, 0.15) is 0 Å². The Kier molecular flexibility index (Phi) is 18.3. The largest absolute Gasteiger partial charge is 0.355 e. The first-order valence-corrected chi connectivity index (χ1v) is 5.69. The molecule has 2 N–H and O–H groups in total. The van der Waals surface area contributed by atoms with E-state index in [1.54, 1.807) is 0 Å². The molecule has 0 atom stereocenters. The topological polar surface area (TPSA) is 44.4 Å². The van der Waals surface area contributed by atoms with Gasteiger partial charge in [-0.25, -0.2) is 0 Å². The molecule has 0 radical (unpaired) electrons. The molecule has 0 aliphatic carbocycles. The number of amides is 1. The second-order valence-electron chi connectivity index (χ2n) is 4.13. The predicted octanol–water partition coefficient (Wildman–Crippen LogP) is 1.29. The quantitative estimate of drug-likeness (QED) is 0.661. The molecule has 0 aliphatic heterocycles. The second kappa shape index (κ2) is 14.0. The van der Waals surface area contributed by atoms with Crippen LogP contribution in [-0.4, -0.2) is 50.6 Å². The molecular formula is C11H27Cl2N3O. The third-order valence-corrected chi connectivity index (χ3v) is 2.50. The lowest BCUT2D eigenvalue weighted by atomic mass is 10.3. The van der Waals surface area contributed by atoms with Crippen LogP contribution in [0.5, 0.6) is 0 Å². The Morgan fingerprint density at radius 1 is 1.24 bits per heavy atom. The Balaban J connectivity index is -0.000000980. The molecule has 106 valence electrons. The average molecular weight is 288 g/mol. The number of nitrogens with one attached hydrogen (secondary N) is 2. The third kappa shape index (κ3) is 13.9. The van der Waals surface area contributed by atoms with Gasteiger partial charge in [-0.05, 0) is 40.9 Å². The fourth-order valence-electron chi connectivity index (χ4n) is 1.14. The van der Waals surface area contributed by atoms with Crippen molar-refractivity contribution in [2.24, 2.45) is 0 Å². The zero-order valence-corrected chi connectivity index (χ0v) is 12.9. The number of carbonyl (C=O) groups excluding carboxylic acids is 1. The molecule has 0 heterocycles. The van der Waals surface area contributed by atoms with E-state index in [2.05, 4.69) is 36.4 Å². The highest BCUT2D eigenvalue weighted by molar-refractivity contribution is 5.85. The summed E-state index contributed by atoms with van der Waals surface area (Å²) in [5.74, 6) is 0.155. The van der Waals surface area contributed by atoms with Crippen molar-refractivity contribution < 1.29 is 4.79 Å². The molecule has 17 heavy (non-hydrogen) atoms. The van der Waals surface area contributed by atoms with Crippen molar-refractivity contribution in [1.29, 1.82) is 0 Å². The zero-order chi connectivity index (χ0) is 11.7. The van der Waals surface area contributed by atoms with Gasteiger partial charge in [0, 0.05) is 25.6 Å². The Bertz CT molecular complexity index is 180. The van der Waals surface area contributed by atoms with E-state index in [1.807, 2.05) is 7.05 Å². The maximum Gasteiger partial charge on any atom is 0.220 e. The van der Waals surface area contributed by atoms with Crippen molar-refractivity contribution in [2.45, 2.75) is 32.7 Å². The Morgan fingerprint density at radius 2 is 1.82 bits per heavy atom. The summed E-state index contributed by atoms with van der Waals surface area (Å²) in [7, 11) is 3.97. The first kappa shape index (κ1) is 22.2. The SMILES string of the molecule is CNCCCC(=O)NCCN(C)C(C)C.Cl.Cl. The highest BCUT2D eigenvalue weighted by atomic mass is 35.5. The van der Waals surface area contributed by atoms with Crippen molar-refractivity contribution >= 4 is 30.7 Å². The number of halogens is 2. The van der Waals surface area contributed by atoms with Crippen molar-refractivity contribution in [3.05, 3.63) is 0 Å². The van der Waals surface area contributed by atoms with Gasteiger partial charge >= 0.3 is 0 Å². The number of hydrogen-bond acceptors (Lipinski definition) is 3. The van der Waals surface area contributed by atoms with E-state index in [4.69, 9.17) is 0 Å². The lowest BCUT2D eigenvalue weighted by molar-refractivity contribution is -0.121. The zero-order valence-electron chi connectivity index (χ0n) is 11.3. The van der Waals surface area contributed by atoms with Crippen LogP contribution in [-0.2, 0) is 4.79 Å². The summed E-state index contributed by atoms with van der Waals surface area (Å²) >= 11 is 0. The fourth-order valence-corrected chi connectivity index (χ4v) is 1.14. The lowest BCUT2D eigenvalue weighted by Crippen LogP contribution is -2.36. The van der Waals surface area contributed by atoms with Crippen molar-refractivity contribution in [3.8, 4) is 0 Å². The molecule has 0 fully saturated rings. The molecule has 0 saturated heterocycles. The number of rotatable bonds is 8. The van der Waals surface area contributed by atoms with Gasteiger partial charge in [0.2, 0.25) is 5.91 Å². The van der Waals surface area contributed by atoms with E-state index >= 15 is 0 Å². The van der Waals surface area contributed by atoms with Crippen molar-refractivity contribution in [3.63, 3.8) is 0 Å². The first-order valence-electron chi connectivity index (χ1n) is 5.69. The molecule has 0 saturated carbocycles. The van der Waals surface area contributed by atoms with Gasteiger partial charge in [-0.15, -0.1) is 24.8 Å². The molecule has 0 rings (SSSR count). The van der Waals surface area contributed by atoms with Crippen LogP contribution in [0.4, 0.5) is 0 Å². The summed E-state index contributed by atoms with van der Waals surface area (Å²) in [5.41, 5.74) is 0. The Morgan fingerprint density at radius 3 is 2.29 bits per heavy atom. The molecular weight excluding hydrogens is 261 g/mol. The van der Waals surface area contributed by atoms with Crippen LogP contribution >= 0.6 is 24.8 Å². The summed E-state index contributed by atoms with van der Waals surface area (Å²) in [4.78, 5) is 13.5. The molecule has 0 aliphatic rings. The van der Waals surface area contributed by atoms with E-state index in [-0.39, 0.29) is 30.7 Å². The lowest BCUT2D eigenvalue weighted by Gasteiger charge is -2.20. The summed E-state index contributed by atoms with van der Waals surface area (Å²) in [6.45, 7) is 6.85. The van der Waals surface area contributed by atoms with E-state index in [0.29, 0.717) is 12.5 Å². The highest BCUT2D eigenvalue weighted by Gasteiger charge is 2.04. The van der Waals surface area contributed by atoms with Gasteiger partial charge in [-0.2, -0.15) is 0 Å². The first-order chi connectivity index (χ1) is 7.07. The molecule has 4 nitrogen and oxygen atoms in total. The van der Waals surface area contributed by atoms with Crippen LogP contribution in [0.15, 0.2) is 0 Å². The van der Waals surface area contributed by atoms with Gasteiger partial charge in [-0.1, -0.05) is 0 Å². The highest BCUT2D eigenvalue weighted by Crippen LogP contribution is 1.91. The molecule has 0 aromatic carbocycles. The smallest absolute Gasteiger partial charge is 0.220 e. The van der Waals surface area contributed by atoms with Crippen molar-refractivity contribution in [2.75, 3.05) is 33.7 Å². The molecule has 0 spiro atoms. The number of hydrogen-bond donors (Lipinski definition) is 2. The molecule has 1 amide bonds. The molecule has 0 unspecified atom stereocenters. The maximum atomic E-state index is 11.3. The molecule has 6 heteroatoms. The van der Waals surface area contributed by atoms with E-state index in [9.17, 15) is 4.79 Å². The van der Waals surface area contributed by atoms with Crippen molar-refractivity contribution in [1.82, 2.24) is 15.5 Å². The summed E-state index contributed by atoms with van der Waals surface area (Å²) in [5, 5.41) is 5.94. The van der Waals surface area contributed by atoms with Gasteiger partial charge in [0.05, 0.1) is 0 Å². The predicted molar refractivity (Wildman–Crippen MR) is 78.4 cm³/mol. The van der Waals surface area contributed by atoms with Crippen LogP contribution in [0.2, 0.25) is 0 Å². The van der Waals surface area contributed by atoms with E-state index < -0.39 is 0 Å². The minimum atomic E-state index is 0. The Hall–Kier alpha value is -0.0300. The van der Waals surface area contributed by atoms with E-state index in [1.165, 1.54) is 0 Å². The maximum absolute atomic E-state index is 11.3. The number of carbonyl (C=O) groups is 1. The Labute approximate surface area is 118 Å². The standard InChI is InChI=1S/C11H25N3O.2ClH/c1-10(2)14(4)9-8-13-11(15)6-5-7-12-3;;/h10,12H,5-9H2,1-4H3,(H,13,15);2*1H. The second-order valence-corrected chi connectivity index (χ2v) is 4.13. The average Bonchev–Trinajstić information content (AvgIpc) is 2.18. The van der Waals surface area contributed by atoms with E-state index in [0.717, 1.165) is 26.1 Å². The van der Waals surface area contributed by atoms with Gasteiger partial charge in [-0.3, -0.25) is 4.79 Å². The minimum Gasteiger partial charge on any atom is -0.355 e. The van der Waals surface area contributed by atoms with Gasteiger partial charge in [0.15, 0.2) is 0 Å². The molecule has 0 aromatic rings. The number of likely N-dealkylation sites (N-methyl/N-ethyl adjacent to an activating group) is 1. The minimum absolute atomic E-state index is 0.